The summed E-state index contributed by atoms with van der Waals surface area (Å²) in [7, 11) is 0. The molecule has 3 heteroatoms. The van der Waals surface area contributed by atoms with Gasteiger partial charge in [0.05, 0.1) is 11.0 Å². The van der Waals surface area contributed by atoms with Gasteiger partial charge in [0.25, 0.3) is 0 Å². The van der Waals surface area contributed by atoms with Gasteiger partial charge < -0.3 is 0 Å². The smallest absolute Gasteiger partial charge is 0.182 e. The first-order valence-electron chi connectivity index (χ1n) is 7.27. The first kappa shape index (κ1) is 13.9. The van der Waals surface area contributed by atoms with E-state index in [0.717, 1.165) is 16.7 Å². The Labute approximate surface area is 129 Å². The van der Waals surface area contributed by atoms with Gasteiger partial charge in [0.2, 0.25) is 0 Å². The maximum absolute atomic E-state index is 4.63. The molecule has 1 aromatic carbocycles. The van der Waals surface area contributed by atoms with E-state index in [0.29, 0.717) is 11.8 Å². The van der Waals surface area contributed by atoms with Crippen LogP contribution in [0, 0.1) is 17.3 Å². The van der Waals surface area contributed by atoms with Crippen molar-refractivity contribution >= 4 is 32.7 Å². The molecule has 1 heterocycles. The van der Waals surface area contributed by atoms with E-state index in [-0.39, 0.29) is 5.41 Å². The van der Waals surface area contributed by atoms with E-state index in [2.05, 4.69) is 77.5 Å². The molecule has 3 rings (SSSR count). The molecule has 1 aromatic heterocycles. The van der Waals surface area contributed by atoms with Gasteiger partial charge in [0.15, 0.2) is 4.73 Å². The molecule has 0 aliphatic heterocycles. The van der Waals surface area contributed by atoms with Gasteiger partial charge in [0.1, 0.15) is 0 Å². The molecule has 1 aliphatic carbocycles. The predicted octanol–water partition coefficient (Wildman–Crippen LogP) is 5.34. The number of hydrogen-bond donors (Lipinski definition) is 0. The zero-order chi connectivity index (χ0) is 14.5. The SMILES string of the molecule is CC(C)C1CC=C(n2c(Br)nc3ccccc32)C1(C)C. The fourth-order valence-electron chi connectivity index (χ4n) is 3.70. The molecular formula is C17H21BrN2. The van der Waals surface area contributed by atoms with Crippen LogP contribution in [-0.4, -0.2) is 9.55 Å². The van der Waals surface area contributed by atoms with E-state index in [1.165, 1.54) is 11.2 Å². The van der Waals surface area contributed by atoms with Crippen LogP contribution in [0.25, 0.3) is 16.7 Å². The second-order valence-electron chi connectivity index (χ2n) is 6.60. The van der Waals surface area contributed by atoms with Gasteiger partial charge in [-0.2, -0.15) is 0 Å². The largest absolute Gasteiger partial charge is 0.291 e. The third kappa shape index (κ3) is 1.95. The fourth-order valence-corrected chi connectivity index (χ4v) is 4.27. The van der Waals surface area contributed by atoms with Crippen LogP contribution in [0.5, 0.6) is 0 Å². The lowest BCUT2D eigenvalue weighted by molar-refractivity contribution is 0.236. The molecule has 0 saturated heterocycles. The number of allylic oxidation sites excluding steroid dienone is 2. The first-order chi connectivity index (χ1) is 9.43. The van der Waals surface area contributed by atoms with Crippen molar-refractivity contribution in [2.24, 2.45) is 17.3 Å². The molecule has 1 unspecified atom stereocenters. The third-order valence-corrected chi connectivity index (χ3v) is 5.25. The van der Waals surface area contributed by atoms with Gasteiger partial charge in [-0.25, -0.2) is 4.98 Å². The number of halogens is 1. The Morgan fingerprint density at radius 1 is 1.30 bits per heavy atom. The maximum Gasteiger partial charge on any atom is 0.182 e. The summed E-state index contributed by atoms with van der Waals surface area (Å²) in [5, 5.41) is 0. The minimum Gasteiger partial charge on any atom is -0.291 e. The summed E-state index contributed by atoms with van der Waals surface area (Å²) in [6.07, 6.45) is 3.54. The van der Waals surface area contributed by atoms with E-state index in [9.17, 15) is 0 Å². The van der Waals surface area contributed by atoms with Crippen LogP contribution in [0.15, 0.2) is 35.1 Å². The number of benzene rings is 1. The van der Waals surface area contributed by atoms with Gasteiger partial charge in [-0.05, 0) is 46.3 Å². The number of aromatic nitrogens is 2. The third-order valence-electron chi connectivity index (χ3n) is 4.72. The second kappa shape index (κ2) is 4.73. The lowest BCUT2D eigenvalue weighted by atomic mass is 9.74. The molecule has 0 spiro atoms. The van der Waals surface area contributed by atoms with Crippen LogP contribution < -0.4 is 0 Å². The molecule has 106 valence electrons. The highest BCUT2D eigenvalue weighted by atomic mass is 79.9. The van der Waals surface area contributed by atoms with Crippen molar-refractivity contribution in [1.29, 1.82) is 0 Å². The molecule has 0 bridgehead atoms. The summed E-state index contributed by atoms with van der Waals surface area (Å²) in [6.45, 7) is 9.37. The Hall–Kier alpha value is -1.09. The Kier molecular flexibility index (Phi) is 3.28. The molecular weight excluding hydrogens is 312 g/mol. The molecule has 0 N–H and O–H groups in total. The summed E-state index contributed by atoms with van der Waals surface area (Å²) in [6, 6.07) is 8.33. The van der Waals surface area contributed by atoms with Gasteiger partial charge >= 0.3 is 0 Å². The Balaban J connectivity index is 2.15. The van der Waals surface area contributed by atoms with Crippen molar-refractivity contribution in [3.8, 4) is 0 Å². The number of imidazole rings is 1. The molecule has 1 atom stereocenters. The van der Waals surface area contributed by atoms with Gasteiger partial charge in [-0.3, -0.25) is 4.57 Å². The van der Waals surface area contributed by atoms with Crippen LogP contribution in [0.2, 0.25) is 0 Å². The average molecular weight is 333 g/mol. The Morgan fingerprint density at radius 2 is 2.00 bits per heavy atom. The van der Waals surface area contributed by atoms with E-state index in [1.54, 1.807) is 0 Å². The first-order valence-corrected chi connectivity index (χ1v) is 8.06. The quantitative estimate of drug-likeness (QED) is 0.725. The van der Waals surface area contributed by atoms with E-state index in [1.807, 2.05) is 6.07 Å². The Bertz CT molecular complexity index is 679. The highest BCUT2D eigenvalue weighted by Gasteiger charge is 2.40. The predicted molar refractivity (Wildman–Crippen MR) is 88.4 cm³/mol. The zero-order valence-electron chi connectivity index (χ0n) is 12.5. The van der Waals surface area contributed by atoms with E-state index < -0.39 is 0 Å². The highest BCUT2D eigenvalue weighted by Crippen LogP contribution is 2.50. The molecule has 2 aromatic rings. The van der Waals surface area contributed by atoms with Crippen molar-refractivity contribution in [3.63, 3.8) is 0 Å². The number of hydrogen-bond acceptors (Lipinski definition) is 1. The van der Waals surface area contributed by atoms with Crippen LogP contribution in [0.1, 0.15) is 34.1 Å². The fraction of sp³-hybridized carbons (Fsp3) is 0.471. The maximum atomic E-state index is 4.63. The van der Waals surface area contributed by atoms with Crippen molar-refractivity contribution in [2.45, 2.75) is 34.1 Å². The summed E-state index contributed by atoms with van der Waals surface area (Å²) in [5.41, 5.74) is 3.77. The van der Waals surface area contributed by atoms with Crippen molar-refractivity contribution in [1.82, 2.24) is 9.55 Å². The van der Waals surface area contributed by atoms with Gasteiger partial charge in [-0.1, -0.05) is 45.9 Å². The highest BCUT2D eigenvalue weighted by molar-refractivity contribution is 9.10. The molecule has 1 aliphatic rings. The van der Waals surface area contributed by atoms with Gasteiger partial charge in [-0.15, -0.1) is 0 Å². The minimum absolute atomic E-state index is 0.167. The summed E-state index contributed by atoms with van der Waals surface area (Å²) in [4.78, 5) is 4.63. The van der Waals surface area contributed by atoms with Crippen molar-refractivity contribution in [3.05, 3.63) is 35.1 Å². The minimum atomic E-state index is 0.167. The molecule has 2 nitrogen and oxygen atoms in total. The number of fused-ring (bicyclic) bond motifs is 1. The number of rotatable bonds is 2. The van der Waals surface area contributed by atoms with Crippen LogP contribution >= 0.6 is 15.9 Å². The van der Waals surface area contributed by atoms with Gasteiger partial charge in [0, 0.05) is 11.1 Å². The van der Waals surface area contributed by atoms with E-state index >= 15 is 0 Å². The zero-order valence-corrected chi connectivity index (χ0v) is 14.1. The Morgan fingerprint density at radius 3 is 2.65 bits per heavy atom. The number of para-hydroxylation sites is 2. The summed E-state index contributed by atoms with van der Waals surface area (Å²) < 4.78 is 3.18. The van der Waals surface area contributed by atoms with Crippen LogP contribution in [0.3, 0.4) is 0 Å². The monoisotopic (exact) mass is 332 g/mol. The van der Waals surface area contributed by atoms with Crippen molar-refractivity contribution in [2.75, 3.05) is 0 Å². The lowest BCUT2D eigenvalue weighted by Gasteiger charge is -2.34. The molecule has 0 fully saturated rings. The van der Waals surface area contributed by atoms with Crippen LogP contribution in [0.4, 0.5) is 0 Å². The molecule has 0 saturated carbocycles. The number of nitrogens with zero attached hydrogens (tertiary/aromatic N) is 2. The summed E-state index contributed by atoms with van der Waals surface area (Å²) >= 11 is 3.64. The topological polar surface area (TPSA) is 17.8 Å². The van der Waals surface area contributed by atoms with Crippen LogP contribution in [-0.2, 0) is 0 Å². The standard InChI is InChI=1S/C17H21BrN2/c1-11(2)12-9-10-15(17(12,3)4)20-14-8-6-5-7-13(14)19-16(20)18/h5-8,10-12H,9H2,1-4H3. The second-order valence-corrected chi connectivity index (χ2v) is 7.31. The normalized spacial score (nSPS) is 21.7. The van der Waals surface area contributed by atoms with Crippen molar-refractivity contribution < 1.29 is 0 Å². The molecule has 20 heavy (non-hydrogen) atoms. The van der Waals surface area contributed by atoms with E-state index in [4.69, 9.17) is 0 Å². The summed E-state index contributed by atoms with van der Waals surface area (Å²) in [5.74, 6) is 1.37. The average Bonchev–Trinajstić information content (AvgIpc) is 2.84. The molecule has 0 radical (unpaired) electrons. The molecule has 0 amide bonds. The lowest BCUT2D eigenvalue weighted by Crippen LogP contribution is -2.27.